The van der Waals surface area contributed by atoms with Crippen LogP contribution in [0.15, 0.2) is 48.7 Å². The third-order valence-electron chi connectivity index (χ3n) is 4.37. The highest BCUT2D eigenvalue weighted by Crippen LogP contribution is 2.19. The van der Waals surface area contributed by atoms with E-state index in [4.69, 9.17) is 4.74 Å². The number of benzene rings is 1. The molecule has 5 heteroatoms. The molecule has 1 N–H and O–H groups in total. The Hall–Kier alpha value is -2.56. The van der Waals surface area contributed by atoms with Gasteiger partial charge in [-0.25, -0.2) is 4.98 Å². The van der Waals surface area contributed by atoms with Crippen molar-refractivity contribution in [3.63, 3.8) is 0 Å². The van der Waals surface area contributed by atoms with Gasteiger partial charge in [0.15, 0.2) is 6.10 Å². The SMILES string of the molecule is Cc1ccccc1O[C@H](C)C(=O)N1CCN(c2cccc[nH+]2)CC1. The van der Waals surface area contributed by atoms with E-state index in [1.54, 1.807) is 0 Å². The van der Waals surface area contributed by atoms with Crippen LogP contribution in [0.5, 0.6) is 5.75 Å². The van der Waals surface area contributed by atoms with Crippen LogP contribution in [0, 0.1) is 6.92 Å². The van der Waals surface area contributed by atoms with Crippen molar-refractivity contribution in [3.05, 3.63) is 54.2 Å². The molecule has 1 saturated heterocycles. The van der Waals surface area contributed by atoms with Gasteiger partial charge in [-0.1, -0.05) is 24.3 Å². The zero-order chi connectivity index (χ0) is 16.9. The molecule has 126 valence electrons. The van der Waals surface area contributed by atoms with Gasteiger partial charge in [-0.05, 0) is 31.5 Å². The number of anilines is 1. The van der Waals surface area contributed by atoms with E-state index in [-0.39, 0.29) is 5.91 Å². The summed E-state index contributed by atoms with van der Waals surface area (Å²) >= 11 is 0. The van der Waals surface area contributed by atoms with Gasteiger partial charge < -0.3 is 9.64 Å². The monoisotopic (exact) mass is 326 g/mol. The van der Waals surface area contributed by atoms with E-state index in [1.807, 2.05) is 61.3 Å². The zero-order valence-corrected chi connectivity index (χ0v) is 14.2. The lowest BCUT2D eigenvalue weighted by atomic mass is 10.2. The van der Waals surface area contributed by atoms with Crippen molar-refractivity contribution >= 4 is 11.7 Å². The van der Waals surface area contributed by atoms with Gasteiger partial charge in [0.1, 0.15) is 18.8 Å². The Bertz CT molecular complexity index is 682. The average molecular weight is 326 g/mol. The molecule has 3 rings (SSSR count). The maximum absolute atomic E-state index is 12.6. The smallest absolute Gasteiger partial charge is 0.274 e. The number of piperazine rings is 1. The largest absolute Gasteiger partial charge is 0.481 e. The third kappa shape index (κ3) is 3.67. The van der Waals surface area contributed by atoms with Gasteiger partial charge in [-0.3, -0.25) is 9.69 Å². The van der Waals surface area contributed by atoms with Gasteiger partial charge in [-0.2, -0.15) is 0 Å². The maximum Gasteiger partial charge on any atom is 0.274 e. The predicted octanol–water partition coefficient (Wildman–Crippen LogP) is 1.93. The first kappa shape index (κ1) is 16.3. The number of carbonyl (C=O) groups is 1. The van der Waals surface area contributed by atoms with Crippen LogP contribution in [0.25, 0.3) is 0 Å². The molecule has 1 aliphatic heterocycles. The molecule has 0 radical (unpaired) electrons. The number of amides is 1. The Morgan fingerprint density at radius 3 is 2.46 bits per heavy atom. The van der Waals surface area contributed by atoms with E-state index in [1.165, 1.54) is 0 Å². The second-order valence-corrected chi connectivity index (χ2v) is 6.09. The molecule has 0 unspecified atom stereocenters. The average Bonchev–Trinajstić information content (AvgIpc) is 2.64. The number of nitrogens with one attached hydrogen (secondary N) is 1. The number of ether oxygens (including phenoxy) is 1. The lowest BCUT2D eigenvalue weighted by molar-refractivity contribution is -0.364. The van der Waals surface area contributed by atoms with Crippen LogP contribution < -0.4 is 14.6 Å². The fourth-order valence-electron chi connectivity index (χ4n) is 2.93. The number of H-pyrrole nitrogens is 1. The Morgan fingerprint density at radius 2 is 1.79 bits per heavy atom. The molecule has 0 bridgehead atoms. The van der Waals surface area contributed by atoms with Gasteiger partial charge in [0.25, 0.3) is 11.7 Å². The van der Waals surface area contributed by atoms with Crippen molar-refractivity contribution in [1.82, 2.24) is 4.90 Å². The number of pyridine rings is 1. The van der Waals surface area contributed by atoms with Gasteiger partial charge in [0.05, 0.1) is 19.3 Å². The summed E-state index contributed by atoms with van der Waals surface area (Å²) in [6, 6.07) is 13.8. The lowest BCUT2D eigenvalue weighted by Crippen LogP contribution is -2.52. The second-order valence-electron chi connectivity index (χ2n) is 6.09. The molecule has 0 aliphatic carbocycles. The van der Waals surface area contributed by atoms with Crippen LogP contribution in [0.3, 0.4) is 0 Å². The van der Waals surface area contributed by atoms with Gasteiger partial charge >= 0.3 is 0 Å². The van der Waals surface area contributed by atoms with Crippen molar-refractivity contribution < 1.29 is 14.5 Å². The third-order valence-corrected chi connectivity index (χ3v) is 4.37. The molecular formula is C19H24N3O2+. The van der Waals surface area contributed by atoms with Gasteiger partial charge in [0, 0.05) is 6.07 Å². The molecule has 0 spiro atoms. The van der Waals surface area contributed by atoms with E-state index in [0.29, 0.717) is 13.1 Å². The summed E-state index contributed by atoms with van der Waals surface area (Å²) in [5.41, 5.74) is 1.04. The first-order valence-corrected chi connectivity index (χ1v) is 8.38. The summed E-state index contributed by atoms with van der Waals surface area (Å²) in [4.78, 5) is 20.0. The molecule has 0 saturated carbocycles. The zero-order valence-electron chi connectivity index (χ0n) is 14.2. The summed E-state index contributed by atoms with van der Waals surface area (Å²) in [6.07, 6.45) is 1.45. The Labute approximate surface area is 142 Å². The molecule has 2 aromatic rings. The van der Waals surface area contributed by atoms with Crippen LogP contribution in [0.2, 0.25) is 0 Å². The molecule has 1 fully saturated rings. The van der Waals surface area contributed by atoms with Gasteiger partial charge in [-0.15, -0.1) is 0 Å². The molecule has 1 aromatic heterocycles. The van der Waals surface area contributed by atoms with E-state index < -0.39 is 6.10 Å². The standard InChI is InChI=1S/C19H23N3O2/c1-15-7-3-4-8-17(15)24-16(2)19(23)22-13-11-21(12-14-22)18-9-5-6-10-20-18/h3-10,16H,11-14H2,1-2H3/p+1/t16-/m1/s1. The van der Waals surface area contributed by atoms with Crippen molar-refractivity contribution in [2.45, 2.75) is 20.0 Å². The number of aromatic amines is 1. The lowest BCUT2D eigenvalue weighted by Gasteiger charge is -2.32. The molecule has 5 nitrogen and oxygen atoms in total. The number of aryl methyl sites for hydroxylation is 1. The molecule has 24 heavy (non-hydrogen) atoms. The van der Waals surface area contributed by atoms with Crippen LogP contribution in [0.4, 0.5) is 5.82 Å². The number of nitrogens with zero attached hydrogens (tertiary/aromatic N) is 2. The van der Waals surface area contributed by atoms with Crippen molar-refractivity contribution in [2.24, 2.45) is 0 Å². The summed E-state index contributed by atoms with van der Waals surface area (Å²) < 4.78 is 5.86. The Morgan fingerprint density at radius 1 is 1.08 bits per heavy atom. The van der Waals surface area contributed by atoms with Crippen molar-refractivity contribution in [2.75, 3.05) is 31.1 Å². The van der Waals surface area contributed by atoms with Gasteiger partial charge in [0.2, 0.25) is 0 Å². The predicted molar refractivity (Wildman–Crippen MR) is 93.1 cm³/mol. The van der Waals surface area contributed by atoms with Crippen molar-refractivity contribution in [1.29, 1.82) is 0 Å². The van der Waals surface area contributed by atoms with E-state index in [0.717, 1.165) is 30.2 Å². The molecule has 2 heterocycles. The summed E-state index contributed by atoms with van der Waals surface area (Å²) in [5, 5.41) is 0. The van der Waals surface area contributed by atoms with Crippen molar-refractivity contribution in [3.8, 4) is 5.75 Å². The minimum Gasteiger partial charge on any atom is -0.481 e. The van der Waals surface area contributed by atoms with Crippen LogP contribution in [0.1, 0.15) is 12.5 Å². The Balaban J connectivity index is 1.56. The van der Waals surface area contributed by atoms with Crippen LogP contribution in [-0.4, -0.2) is 43.1 Å². The molecular weight excluding hydrogens is 302 g/mol. The highest BCUT2D eigenvalue weighted by atomic mass is 16.5. The molecule has 1 amide bonds. The number of aromatic nitrogens is 1. The van der Waals surface area contributed by atoms with Crippen LogP contribution in [-0.2, 0) is 4.79 Å². The quantitative estimate of drug-likeness (QED) is 0.862. The fourth-order valence-corrected chi connectivity index (χ4v) is 2.93. The number of rotatable bonds is 4. The fraction of sp³-hybridized carbons (Fsp3) is 0.368. The Kier molecular flexibility index (Phi) is 4.99. The number of carbonyl (C=O) groups excluding carboxylic acids is 1. The molecule has 1 aliphatic rings. The van der Waals surface area contributed by atoms with E-state index in [2.05, 4.69) is 16.0 Å². The second kappa shape index (κ2) is 7.34. The number of para-hydroxylation sites is 1. The first-order chi connectivity index (χ1) is 11.6. The molecule has 1 atom stereocenters. The van der Waals surface area contributed by atoms with E-state index in [9.17, 15) is 4.79 Å². The summed E-state index contributed by atoms with van der Waals surface area (Å²) in [7, 11) is 0. The van der Waals surface area contributed by atoms with Crippen LogP contribution >= 0.6 is 0 Å². The minimum absolute atomic E-state index is 0.0509. The first-order valence-electron chi connectivity index (χ1n) is 8.38. The number of hydrogen-bond acceptors (Lipinski definition) is 3. The summed E-state index contributed by atoms with van der Waals surface area (Å²) in [5.74, 6) is 1.92. The minimum atomic E-state index is -0.471. The highest BCUT2D eigenvalue weighted by molar-refractivity contribution is 5.81. The normalized spacial score (nSPS) is 15.9. The molecule has 1 aromatic carbocycles. The summed E-state index contributed by atoms with van der Waals surface area (Å²) in [6.45, 7) is 6.88. The maximum atomic E-state index is 12.6. The topological polar surface area (TPSA) is 46.9 Å². The van der Waals surface area contributed by atoms with E-state index >= 15 is 0 Å². The number of hydrogen-bond donors (Lipinski definition) is 0. The highest BCUT2D eigenvalue weighted by Gasteiger charge is 2.29.